The molecule has 2 unspecified atom stereocenters. The summed E-state index contributed by atoms with van der Waals surface area (Å²) in [7, 11) is 0. The minimum atomic E-state index is -0.295. The van der Waals surface area contributed by atoms with E-state index in [9.17, 15) is 9.18 Å². The predicted molar refractivity (Wildman–Crippen MR) is 77.9 cm³/mol. The Balaban J connectivity index is 1.93. The van der Waals surface area contributed by atoms with Crippen LogP contribution in [0, 0.1) is 11.7 Å². The Kier molecular flexibility index (Phi) is 5.12. The van der Waals surface area contributed by atoms with Gasteiger partial charge in [-0.3, -0.25) is 4.79 Å². The van der Waals surface area contributed by atoms with Gasteiger partial charge in [-0.15, -0.1) is 0 Å². The fourth-order valence-electron chi connectivity index (χ4n) is 2.85. The van der Waals surface area contributed by atoms with Gasteiger partial charge in [0.05, 0.1) is 6.42 Å². The molecule has 0 aliphatic carbocycles. The molecule has 0 spiro atoms. The molecule has 2 atom stereocenters. The van der Waals surface area contributed by atoms with Crippen molar-refractivity contribution in [1.82, 2.24) is 10.2 Å². The largest absolute Gasteiger partial charge is 0.342 e. The van der Waals surface area contributed by atoms with Crippen LogP contribution in [0.25, 0.3) is 0 Å². The first-order valence-corrected chi connectivity index (χ1v) is 7.36. The van der Waals surface area contributed by atoms with E-state index in [1.54, 1.807) is 18.2 Å². The van der Waals surface area contributed by atoms with Gasteiger partial charge in [-0.05, 0) is 30.5 Å². The lowest BCUT2D eigenvalue weighted by Gasteiger charge is -2.37. The van der Waals surface area contributed by atoms with Gasteiger partial charge < -0.3 is 10.2 Å². The Morgan fingerprint density at radius 1 is 1.45 bits per heavy atom. The SMILES string of the molecule is CCNC1CCN(C(=O)Cc2ccccc2F)CC1C. The van der Waals surface area contributed by atoms with Crippen LogP contribution in [0.1, 0.15) is 25.8 Å². The number of carbonyl (C=O) groups is 1. The summed E-state index contributed by atoms with van der Waals surface area (Å²) in [4.78, 5) is 14.1. The Bertz CT molecular complexity index is 464. The molecule has 3 nitrogen and oxygen atoms in total. The van der Waals surface area contributed by atoms with Crippen molar-refractivity contribution < 1.29 is 9.18 Å². The summed E-state index contributed by atoms with van der Waals surface area (Å²) in [5.41, 5.74) is 0.485. The molecule has 0 saturated carbocycles. The van der Waals surface area contributed by atoms with Crippen LogP contribution in [0.4, 0.5) is 4.39 Å². The average Bonchev–Trinajstić information content (AvgIpc) is 2.43. The van der Waals surface area contributed by atoms with Gasteiger partial charge in [-0.1, -0.05) is 32.0 Å². The van der Waals surface area contributed by atoms with Crippen molar-refractivity contribution in [2.75, 3.05) is 19.6 Å². The molecule has 1 amide bonds. The maximum atomic E-state index is 13.6. The molecule has 1 aliphatic heterocycles. The van der Waals surface area contributed by atoms with E-state index in [0.29, 0.717) is 17.5 Å². The van der Waals surface area contributed by atoms with Crippen LogP contribution in [-0.2, 0) is 11.2 Å². The summed E-state index contributed by atoms with van der Waals surface area (Å²) in [6.07, 6.45) is 1.13. The van der Waals surface area contributed by atoms with E-state index in [1.807, 2.05) is 4.90 Å². The third kappa shape index (κ3) is 3.57. The topological polar surface area (TPSA) is 32.3 Å². The molecule has 4 heteroatoms. The summed E-state index contributed by atoms with van der Waals surface area (Å²) >= 11 is 0. The lowest BCUT2D eigenvalue weighted by Crippen LogP contribution is -2.50. The van der Waals surface area contributed by atoms with Gasteiger partial charge >= 0.3 is 0 Å². The first-order valence-electron chi connectivity index (χ1n) is 7.36. The fraction of sp³-hybridized carbons (Fsp3) is 0.562. The number of piperidine rings is 1. The second-order valence-corrected chi connectivity index (χ2v) is 5.54. The van der Waals surface area contributed by atoms with E-state index >= 15 is 0 Å². The lowest BCUT2D eigenvalue weighted by atomic mass is 9.93. The monoisotopic (exact) mass is 278 g/mol. The minimum absolute atomic E-state index is 0.0249. The molecule has 0 bridgehead atoms. The predicted octanol–water partition coefficient (Wildman–Crippen LogP) is 2.21. The number of hydrogen-bond acceptors (Lipinski definition) is 2. The van der Waals surface area contributed by atoms with E-state index in [0.717, 1.165) is 26.1 Å². The maximum absolute atomic E-state index is 13.6. The van der Waals surface area contributed by atoms with Crippen LogP contribution in [0.5, 0.6) is 0 Å². The summed E-state index contributed by atoms with van der Waals surface area (Å²) < 4.78 is 13.6. The smallest absolute Gasteiger partial charge is 0.227 e. The van der Waals surface area contributed by atoms with Crippen molar-refractivity contribution in [1.29, 1.82) is 0 Å². The number of nitrogens with zero attached hydrogens (tertiary/aromatic N) is 1. The van der Waals surface area contributed by atoms with Gasteiger partial charge in [0.1, 0.15) is 5.82 Å². The maximum Gasteiger partial charge on any atom is 0.227 e. The molecular weight excluding hydrogens is 255 g/mol. The molecule has 1 heterocycles. The van der Waals surface area contributed by atoms with E-state index in [4.69, 9.17) is 0 Å². The highest BCUT2D eigenvalue weighted by Gasteiger charge is 2.28. The summed E-state index contributed by atoms with van der Waals surface area (Å²) in [5.74, 6) is 0.168. The average molecular weight is 278 g/mol. The Morgan fingerprint density at radius 2 is 2.20 bits per heavy atom. The number of nitrogens with one attached hydrogen (secondary N) is 1. The number of benzene rings is 1. The van der Waals surface area contributed by atoms with Crippen LogP contribution < -0.4 is 5.32 Å². The highest BCUT2D eigenvalue weighted by molar-refractivity contribution is 5.79. The molecule has 1 saturated heterocycles. The Labute approximate surface area is 120 Å². The zero-order valence-electron chi connectivity index (χ0n) is 12.2. The first kappa shape index (κ1) is 15.0. The molecule has 20 heavy (non-hydrogen) atoms. The minimum Gasteiger partial charge on any atom is -0.342 e. The lowest BCUT2D eigenvalue weighted by molar-refractivity contribution is -0.132. The zero-order valence-corrected chi connectivity index (χ0v) is 12.2. The van der Waals surface area contributed by atoms with Crippen molar-refractivity contribution >= 4 is 5.91 Å². The van der Waals surface area contributed by atoms with Crippen molar-refractivity contribution in [3.63, 3.8) is 0 Å². The van der Waals surface area contributed by atoms with Crippen LogP contribution in [0.15, 0.2) is 24.3 Å². The zero-order chi connectivity index (χ0) is 14.5. The van der Waals surface area contributed by atoms with E-state index in [2.05, 4.69) is 19.2 Å². The fourth-order valence-corrected chi connectivity index (χ4v) is 2.85. The molecule has 1 aromatic carbocycles. The third-order valence-corrected chi connectivity index (χ3v) is 4.02. The van der Waals surface area contributed by atoms with Crippen molar-refractivity contribution in [3.05, 3.63) is 35.6 Å². The molecule has 1 N–H and O–H groups in total. The van der Waals surface area contributed by atoms with E-state index in [1.165, 1.54) is 6.07 Å². The quantitative estimate of drug-likeness (QED) is 0.916. The molecular formula is C16H23FN2O. The first-order chi connectivity index (χ1) is 9.61. The number of amides is 1. The summed E-state index contributed by atoms with van der Waals surface area (Å²) in [6.45, 7) is 6.73. The molecule has 0 aromatic heterocycles. The van der Waals surface area contributed by atoms with Crippen molar-refractivity contribution in [2.24, 2.45) is 5.92 Å². The van der Waals surface area contributed by atoms with Crippen molar-refractivity contribution in [2.45, 2.75) is 32.7 Å². The van der Waals surface area contributed by atoms with E-state index < -0.39 is 0 Å². The van der Waals surface area contributed by atoms with Crippen molar-refractivity contribution in [3.8, 4) is 0 Å². The number of halogens is 1. The molecule has 2 rings (SSSR count). The number of rotatable bonds is 4. The summed E-state index contributed by atoms with van der Waals surface area (Å²) in [5, 5.41) is 3.45. The second kappa shape index (κ2) is 6.84. The molecule has 1 fully saturated rings. The molecule has 0 radical (unpaired) electrons. The highest BCUT2D eigenvalue weighted by Crippen LogP contribution is 2.18. The Hall–Kier alpha value is -1.42. The van der Waals surface area contributed by atoms with Gasteiger partial charge in [0.15, 0.2) is 0 Å². The van der Waals surface area contributed by atoms with Gasteiger partial charge in [-0.2, -0.15) is 0 Å². The number of hydrogen-bond donors (Lipinski definition) is 1. The van der Waals surface area contributed by atoms with Crippen LogP contribution in [-0.4, -0.2) is 36.5 Å². The van der Waals surface area contributed by atoms with Crippen LogP contribution >= 0.6 is 0 Å². The van der Waals surface area contributed by atoms with Gasteiger partial charge in [0, 0.05) is 19.1 Å². The molecule has 1 aliphatic rings. The Morgan fingerprint density at radius 3 is 2.85 bits per heavy atom. The third-order valence-electron chi connectivity index (χ3n) is 4.02. The number of likely N-dealkylation sites (tertiary alicyclic amines) is 1. The van der Waals surface area contributed by atoms with Crippen LogP contribution in [0.3, 0.4) is 0 Å². The standard InChI is InChI=1S/C16H23FN2O/c1-3-18-15-8-9-19(11-12(15)2)16(20)10-13-6-4-5-7-14(13)17/h4-7,12,15,18H,3,8-11H2,1-2H3. The van der Waals surface area contributed by atoms with Gasteiger partial charge in [0.25, 0.3) is 0 Å². The van der Waals surface area contributed by atoms with Gasteiger partial charge in [-0.25, -0.2) is 4.39 Å². The second-order valence-electron chi connectivity index (χ2n) is 5.54. The highest BCUT2D eigenvalue weighted by atomic mass is 19.1. The van der Waals surface area contributed by atoms with Gasteiger partial charge in [0.2, 0.25) is 5.91 Å². The van der Waals surface area contributed by atoms with Crippen LogP contribution in [0.2, 0.25) is 0 Å². The number of carbonyl (C=O) groups excluding carboxylic acids is 1. The summed E-state index contributed by atoms with van der Waals surface area (Å²) in [6, 6.07) is 6.99. The molecule has 110 valence electrons. The van der Waals surface area contributed by atoms with E-state index in [-0.39, 0.29) is 18.1 Å². The normalized spacial score (nSPS) is 22.9. The molecule has 1 aromatic rings.